The summed E-state index contributed by atoms with van der Waals surface area (Å²) in [5.74, 6) is 5.35. The Morgan fingerprint density at radius 1 is 1.05 bits per heavy atom. The predicted octanol–water partition coefficient (Wildman–Crippen LogP) is 2.73. The summed E-state index contributed by atoms with van der Waals surface area (Å²) < 4.78 is 27.3. The van der Waals surface area contributed by atoms with Crippen LogP contribution in [0.5, 0.6) is 0 Å². The van der Waals surface area contributed by atoms with Gasteiger partial charge in [-0.3, -0.25) is 10.6 Å². The third-order valence-corrected chi connectivity index (χ3v) is 4.52. The monoisotopic (exact) mass is 305 g/mol. The first-order valence-electron chi connectivity index (χ1n) is 6.74. The van der Waals surface area contributed by atoms with E-state index in [1.807, 2.05) is 12.1 Å². The summed E-state index contributed by atoms with van der Waals surface area (Å²) in [6, 6.07) is 13.9. The average molecular weight is 305 g/mol. The van der Waals surface area contributed by atoms with E-state index in [4.69, 9.17) is 5.84 Å². The van der Waals surface area contributed by atoms with Crippen LogP contribution in [0.4, 0.5) is 11.4 Å². The van der Waals surface area contributed by atoms with Gasteiger partial charge in [0, 0.05) is 5.69 Å². The highest BCUT2D eigenvalue weighted by molar-refractivity contribution is 7.92. The molecule has 0 spiro atoms. The Morgan fingerprint density at radius 2 is 1.71 bits per heavy atom. The van der Waals surface area contributed by atoms with Crippen LogP contribution in [0.2, 0.25) is 0 Å². The van der Waals surface area contributed by atoms with Gasteiger partial charge in [-0.05, 0) is 36.2 Å². The number of sulfonamides is 1. The van der Waals surface area contributed by atoms with Crippen LogP contribution in [0.15, 0.2) is 53.4 Å². The van der Waals surface area contributed by atoms with Crippen molar-refractivity contribution in [1.82, 2.24) is 0 Å². The van der Waals surface area contributed by atoms with E-state index in [2.05, 4.69) is 17.1 Å². The molecule has 0 aromatic heterocycles. The number of hydrogen-bond acceptors (Lipinski definition) is 4. The highest BCUT2D eigenvalue weighted by Gasteiger charge is 2.17. The average Bonchev–Trinajstić information content (AvgIpc) is 2.49. The molecular formula is C15H19N3O2S. The number of nitrogen functional groups attached to an aromatic ring is 1. The third-order valence-electron chi connectivity index (χ3n) is 3.08. The Bertz CT molecular complexity index is 697. The van der Waals surface area contributed by atoms with E-state index >= 15 is 0 Å². The van der Waals surface area contributed by atoms with E-state index in [-0.39, 0.29) is 4.90 Å². The first-order valence-corrected chi connectivity index (χ1v) is 8.22. The second-order valence-electron chi connectivity index (χ2n) is 4.69. The molecule has 0 heterocycles. The minimum Gasteiger partial charge on any atom is -0.323 e. The summed E-state index contributed by atoms with van der Waals surface area (Å²) in [7, 11) is -3.67. The molecule has 0 aliphatic heterocycles. The fraction of sp³-hybridized carbons (Fsp3) is 0.200. The molecule has 0 aliphatic carbocycles. The molecule has 0 radical (unpaired) electrons. The lowest BCUT2D eigenvalue weighted by Gasteiger charge is -2.12. The standard InChI is InChI=1S/C15H19N3O2S/c1-2-5-12-8-10-13(11-9-12)18-21(19,20)15-7-4-3-6-14(15)17-16/h3-4,6-11,17-18H,2,5,16H2,1H3. The number of benzene rings is 2. The number of rotatable bonds is 6. The van der Waals surface area contributed by atoms with Gasteiger partial charge in [-0.2, -0.15) is 0 Å². The van der Waals surface area contributed by atoms with E-state index in [0.717, 1.165) is 12.8 Å². The number of hydrazine groups is 1. The van der Waals surface area contributed by atoms with Crippen molar-refractivity contribution in [2.75, 3.05) is 10.1 Å². The number of para-hydroxylation sites is 1. The second-order valence-corrected chi connectivity index (χ2v) is 6.34. The van der Waals surface area contributed by atoms with Crippen LogP contribution in [-0.4, -0.2) is 8.42 Å². The van der Waals surface area contributed by atoms with Crippen LogP contribution < -0.4 is 16.0 Å². The maximum atomic E-state index is 12.4. The molecule has 21 heavy (non-hydrogen) atoms. The second kappa shape index (κ2) is 6.60. The molecular weight excluding hydrogens is 286 g/mol. The number of hydrogen-bond donors (Lipinski definition) is 3. The Hall–Kier alpha value is -2.05. The normalized spacial score (nSPS) is 11.1. The Labute approximate surface area is 125 Å². The van der Waals surface area contributed by atoms with Gasteiger partial charge in [0.05, 0.1) is 5.69 Å². The maximum absolute atomic E-state index is 12.4. The third kappa shape index (κ3) is 3.74. The van der Waals surface area contributed by atoms with Gasteiger partial charge in [0.2, 0.25) is 0 Å². The van der Waals surface area contributed by atoms with Crippen LogP contribution in [0.1, 0.15) is 18.9 Å². The fourth-order valence-electron chi connectivity index (χ4n) is 2.06. The van der Waals surface area contributed by atoms with Crippen molar-refractivity contribution in [3.8, 4) is 0 Å². The van der Waals surface area contributed by atoms with Gasteiger partial charge in [-0.1, -0.05) is 37.6 Å². The lowest BCUT2D eigenvalue weighted by atomic mass is 10.1. The first kappa shape index (κ1) is 15.3. The zero-order valence-electron chi connectivity index (χ0n) is 11.8. The molecule has 6 heteroatoms. The smallest absolute Gasteiger partial charge is 0.264 e. The van der Waals surface area contributed by atoms with E-state index in [1.165, 1.54) is 11.6 Å². The van der Waals surface area contributed by atoms with Gasteiger partial charge < -0.3 is 5.43 Å². The van der Waals surface area contributed by atoms with Gasteiger partial charge in [-0.25, -0.2) is 8.42 Å². The van der Waals surface area contributed by atoms with Crippen LogP contribution in [0.3, 0.4) is 0 Å². The molecule has 0 saturated heterocycles. The van der Waals surface area contributed by atoms with Crippen molar-refractivity contribution >= 4 is 21.4 Å². The highest BCUT2D eigenvalue weighted by Crippen LogP contribution is 2.23. The summed E-state index contributed by atoms with van der Waals surface area (Å²) in [6.45, 7) is 2.10. The van der Waals surface area contributed by atoms with Gasteiger partial charge in [0.1, 0.15) is 4.90 Å². The fourth-order valence-corrected chi connectivity index (χ4v) is 3.29. The summed E-state index contributed by atoms with van der Waals surface area (Å²) in [6.07, 6.45) is 2.04. The van der Waals surface area contributed by atoms with Crippen molar-refractivity contribution in [2.45, 2.75) is 24.7 Å². The van der Waals surface area contributed by atoms with Crippen LogP contribution in [-0.2, 0) is 16.4 Å². The Balaban J connectivity index is 2.24. The van der Waals surface area contributed by atoms with Crippen molar-refractivity contribution < 1.29 is 8.42 Å². The quantitative estimate of drug-likeness (QED) is 0.566. The van der Waals surface area contributed by atoms with Crippen LogP contribution in [0, 0.1) is 0 Å². The summed E-state index contributed by atoms with van der Waals surface area (Å²) in [5, 5.41) is 0. The first-order chi connectivity index (χ1) is 10.1. The lowest BCUT2D eigenvalue weighted by molar-refractivity contribution is 0.601. The van der Waals surface area contributed by atoms with Crippen molar-refractivity contribution in [3.05, 3.63) is 54.1 Å². The molecule has 2 aromatic rings. The minimum atomic E-state index is -3.67. The molecule has 0 aliphatic rings. The van der Waals surface area contributed by atoms with Crippen molar-refractivity contribution in [1.29, 1.82) is 0 Å². The number of nitrogens with two attached hydrogens (primary N) is 1. The predicted molar refractivity (Wildman–Crippen MR) is 85.5 cm³/mol. The zero-order chi connectivity index (χ0) is 15.3. The minimum absolute atomic E-state index is 0.116. The molecule has 0 fully saturated rings. The molecule has 0 unspecified atom stereocenters. The summed E-state index contributed by atoms with van der Waals surface area (Å²) in [5.41, 5.74) is 4.46. The summed E-state index contributed by atoms with van der Waals surface area (Å²) in [4.78, 5) is 0.116. The van der Waals surface area contributed by atoms with E-state index < -0.39 is 10.0 Å². The van der Waals surface area contributed by atoms with Gasteiger partial charge >= 0.3 is 0 Å². The molecule has 0 bridgehead atoms. The molecule has 0 amide bonds. The maximum Gasteiger partial charge on any atom is 0.264 e. The number of aryl methyl sites for hydroxylation is 1. The van der Waals surface area contributed by atoms with E-state index in [0.29, 0.717) is 11.4 Å². The topological polar surface area (TPSA) is 84.2 Å². The zero-order valence-corrected chi connectivity index (χ0v) is 12.7. The molecule has 4 N–H and O–H groups in total. The lowest BCUT2D eigenvalue weighted by Crippen LogP contribution is -2.17. The Kier molecular flexibility index (Phi) is 4.82. The van der Waals surface area contributed by atoms with Crippen LogP contribution in [0.25, 0.3) is 0 Å². The van der Waals surface area contributed by atoms with Gasteiger partial charge in [0.15, 0.2) is 0 Å². The largest absolute Gasteiger partial charge is 0.323 e. The molecule has 5 nitrogen and oxygen atoms in total. The van der Waals surface area contributed by atoms with Crippen molar-refractivity contribution in [3.63, 3.8) is 0 Å². The molecule has 112 valence electrons. The molecule has 2 rings (SSSR count). The molecule has 0 atom stereocenters. The number of nitrogens with one attached hydrogen (secondary N) is 2. The van der Waals surface area contributed by atoms with Crippen LogP contribution >= 0.6 is 0 Å². The van der Waals surface area contributed by atoms with E-state index in [1.54, 1.807) is 30.3 Å². The Morgan fingerprint density at radius 3 is 2.33 bits per heavy atom. The molecule has 0 saturated carbocycles. The van der Waals surface area contributed by atoms with Gasteiger partial charge in [-0.15, -0.1) is 0 Å². The van der Waals surface area contributed by atoms with Crippen molar-refractivity contribution in [2.24, 2.45) is 5.84 Å². The SMILES string of the molecule is CCCc1ccc(NS(=O)(=O)c2ccccc2NN)cc1. The summed E-state index contributed by atoms with van der Waals surface area (Å²) >= 11 is 0. The van der Waals surface area contributed by atoms with Gasteiger partial charge in [0.25, 0.3) is 10.0 Å². The number of anilines is 2. The van der Waals surface area contributed by atoms with E-state index in [9.17, 15) is 8.42 Å². The molecule has 2 aromatic carbocycles. The highest BCUT2D eigenvalue weighted by atomic mass is 32.2.